The second-order valence-electron chi connectivity index (χ2n) is 5.56. The smallest absolute Gasteiger partial charge is 0.416 e. The van der Waals surface area contributed by atoms with Gasteiger partial charge in [0.1, 0.15) is 17.3 Å². The molecule has 0 aliphatic carbocycles. The summed E-state index contributed by atoms with van der Waals surface area (Å²) in [4.78, 5) is 11.4. The van der Waals surface area contributed by atoms with Crippen LogP contribution in [0.4, 0.5) is 13.2 Å². The molecule has 2 aromatic rings. The molecule has 144 valence electrons. The Hall–Kier alpha value is -2.61. The number of carboxylic acid groups (broad SMARTS) is 1. The van der Waals surface area contributed by atoms with Gasteiger partial charge in [-0.05, 0) is 55.0 Å². The Morgan fingerprint density at radius 2 is 1.85 bits per heavy atom. The van der Waals surface area contributed by atoms with E-state index in [1.165, 1.54) is 23.9 Å². The van der Waals surface area contributed by atoms with Crippen LogP contribution in [0.15, 0.2) is 59.7 Å². The Kier molecular flexibility index (Phi) is 6.79. The maximum absolute atomic E-state index is 12.5. The predicted molar refractivity (Wildman–Crippen MR) is 96.2 cm³/mol. The van der Waals surface area contributed by atoms with Crippen LogP contribution in [0.25, 0.3) is 0 Å². The summed E-state index contributed by atoms with van der Waals surface area (Å²) in [5.74, 6) is 0.507. The average molecular weight is 398 g/mol. The molecule has 0 fully saturated rings. The zero-order valence-corrected chi connectivity index (χ0v) is 15.2. The van der Waals surface area contributed by atoms with Crippen molar-refractivity contribution in [3.05, 3.63) is 65.9 Å². The summed E-state index contributed by atoms with van der Waals surface area (Å²) < 4.78 is 48.2. The van der Waals surface area contributed by atoms with Crippen LogP contribution < -0.4 is 9.47 Å². The number of alkyl halides is 3. The van der Waals surface area contributed by atoms with Gasteiger partial charge >= 0.3 is 12.1 Å². The molecule has 2 aromatic carbocycles. The number of thioether (sulfide) groups is 1. The summed E-state index contributed by atoms with van der Waals surface area (Å²) in [5.41, 5.74) is 0.0473. The van der Waals surface area contributed by atoms with Gasteiger partial charge in [0.25, 0.3) is 0 Å². The summed E-state index contributed by atoms with van der Waals surface area (Å²) >= 11 is 1.43. The minimum atomic E-state index is -4.39. The fraction of sp³-hybridized carbons (Fsp3) is 0.211. The molecule has 0 heterocycles. The van der Waals surface area contributed by atoms with Crippen LogP contribution in [0.3, 0.4) is 0 Å². The van der Waals surface area contributed by atoms with Crippen molar-refractivity contribution in [3.8, 4) is 11.5 Å². The molecule has 0 unspecified atom stereocenters. The Balaban J connectivity index is 1.88. The number of benzene rings is 2. The quantitative estimate of drug-likeness (QED) is 0.492. The van der Waals surface area contributed by atoms with Crippen molar-refractivity contribution in [2.75, 3.05) is 12.4 Å². The average Bonchev–Trinajstić information content (AvgIpc) is 2.58. The van der Waals surface area contributed by atoms with Crippen LogP contribution in [0.5, 0.6) is 11.5 Å². The van der Waals surface area contributed by atoms with Gasteiger partial charge in [-0.25, -0.2) is 4.79 Å². The van der Waals surface area contributed by atoms with Crippen LogP contribution >= 0.6 is 11.8 Å². The maximum Gasteiger partial charge on any atom is 0.416 e. The summed E-state index contributed by atoms with van der Waals surface area (Å²) in [6.07, 6.45) is -4.39. The molecule has 0 spiro atoms. The first-order valence-electron chi connectivity index (χ1n) is 7.76. The Bertz CT molecular complexity index is 817. The molecule has 0 radical (unpaired) electrons. The van der Waals surface area contributed by atoms with Gasteiger partial charge in [0, 0.05) is 4.90 Å². The molecule has 8 heteroatoms. The SMILES string of the molecule is C=C(CSc1ccc(OCC(=O)O)c(C)c1)Oc1ccc(C(F)(F)F)cc1. The van der Waals surface area contributed by atoms with E-state index in [0.717, 1.165) is 22.6 Å². The topological polar surface area (TPSA) is 55.8 Å². The maximum atomic E-state index is 12.5. The molecule has 4 nitrogen and oxygen atoms in total. The van der Waals surface area contributed by atoms with Crippen LogP contribution in [-0.4, -0.2) is 23.4 Å². The lowest BCUT2D eigenvalue weighted by atomic mass is 10.2. The Morgan fingerprint density at radius 3 is 2.41 bits per heavy atom. The van der Waals surface area contributed by atoms with Crippen LogP contribution in [0, 0.1) is 6.92 Å². The van der Waals surface area contributed by atoms with Gasteiger partial charge in [-0.3, -0.25) is 0 Å². The Morgan fingerprint density at radius 1 is 1.19 bits per heavy atom. The zero-order valence-electron chi connectivity index (χ0n) is 14.4. The fourth-order valence-electron chi connectivity index (χ4n) is 2.09. The van der Waals surface area contributed by atoms with E-state index in [0.29, 0.717) is 17.3 Å². The monoisotopic (exact) mass is 398 g/mol. The number of rotatable bonds is 8. The van der Waals surface area contributed by atoms with Gasteiger partial charge in [-0.1, -0.05) is 6.58 Å². The fourth-order valence-corrected chi connectivity index (χ4v) is 2.90. The molecule has 0 aromatic heterocycles. The number of aryl methyl sites for hydroxylation is 1. The number of carbonyl (C=O) groups is 1. The van der Waals surface area contributed by atoms with E-state index in [1.54, 1.807) is 19.1 Å². The van der Waals surface area contributed by atoms with Crippen molar-refractivity contribution in [1.82, 2.24) is 0 Å². The van der Waals surface area contributed by atoms with E-state index in [4.69, 9.17) is 14.6 Å². The first-order chi connectivity index (χ1) is 12.6. The van der Waals surface area contributed by atoms with Crippen LogP contribution in [-0.2, 0) is 11.0 Å². The molecule has 0 saturated heterocycles. The molecule has 0 bridgehead atoms. The standard InChI is InChI=1S/C19H17F3O4S/c1-12-9-16(7-8-17(12)25-10-18(23)24)27-11-13(2)26-15-5-3-14(4-6-15)19(20,21)22/h3-9H,2,10-11H2,1H3,(H,23,24). The lowest BCUT2D eigenvalue weighted by Gasteiger charge is -2.12. The lowest BCUT2D eigenvalue weighted by molar-refractivity contribution is -0.139. The molecule has 0 aliphatic rings. The van der Waals surface area contributed by atoms with Gasteiger partial charge in [-0.15, -0.1) is 11.8 Å². The van der Waals surface area contributed by atoms with E-state index < -0.39 is 24.3 Å². The molecule has 2 rings (SSSR count). The first-order valence-corrected chi connectivity index (χ1v) is 8.74. The van der Waals surface area contributed by atoms with Crippen LogP contribution in [0.1, 0.15) is 11.1 Å². The van der Waals surface area contributed by atoms with Crippen molar-refractivity contribution >= 4 is 17.7 Å². The largest absolute Gasteiger partial charge is 0.482 e. The predicted octanol–water partition coefficient (Wildman–Crippen LogP) is 5.16. The van der Waals surface area contributed by atoms with E-state index in [-0.39, 0.29) is 5.75 Å². The highest BCUT2D eigenvalue weighted by Crippen LogP contribution is 2.31. The van der Waals surface area contributed by atoms with E-state index in [9.17, 15) is 18.0 Å². The highest BCUT2D eigenvalue weighted by molar-refractivity contribution is 7.99. The van der Waals surface area contributed by atoms with Crippen molar-refractivity contribution in [2.24, 2.45) is 0 Å². The highest BCUT2D eigenvalue weighted by atomic mass is 32.2. The molecule has 0 aliphatic heterocycles. The third kappa shape index (κ3) is 6.56. The normalized spacial score (nSPS) is 11.1. The first kappa shape index (κ1) is 20.7. The number of hydrogen-bond acceptors (Lipinski definition) is 4. The van der Waals surface area contributed by atoms with Crippen molar-refractivity contribution in [1.29, 1.82) is 0 Å². The van der Waals surface area contributed by atoms with Gasteiger partial charge in [-0.2, -0.15) is 13.2 Å². The minimum absolute atomic E-state index is 0.280. The summed E-state index contributed by atoms with van der Waals surface area (Å²) in [7, 11) is 0. The van der Waals surface area contributed by atoms with Crippen LogP contribution in [0.2, 0.25) is 0 Å². The Labute approximate surface area is 158 Å². The van der Waals surface area contributed by atoms with E-state index in [1.807, 2.05) is 6.07 Å². The zero-order chi connectivity index (χ0) is 20.0. The third-order valence-electron chi connectivity index (χ3n) is 3.34. The van der Waals surface area contributed by atoms with E-state index in [2.05, 4.69) is 6.58 Å². The summed E-state index contributed by atoms with van der Waals surface area (Å²) in [6.45, 7) is 5.16. The number of carboxylic acids is 1. The second kappa shape index (κ2) is 8.85. The van der Waals surface area contributed by atoms with Gasteiger partial charge in [0.2, 0.25) is 0 Å². The van der Waals surface area contributed by atoms with E-state index >= 15 is 0 Å². The number of aliphatic carboxylic acids is 1. The third-order valence-corrected chi connectivity index (χ3v) is 4.39. The lowest BCUT2D eigenvalue weighted by Crippen LogP contribution is -2.10. The van der Waals surface area contributed by atoms with Gasteiger partial charge in [0.05, 0.1) is 11.3 Å². The summed E-state index contributed by atoms with van der Waals surface area (Å²) in [5, 5.41) is 8.63. The van der Waals surface area contributed by atoms with Gasteiger partial charge in [0.15, 0.2) is 6.61 Å². The molecule has 1 N–H and O–H groups in total. The molecular weight excluding hydrogens is 381 g/mol. The molecular formula is C19H17F3O4S. The number of halogens is 3. The number of hydrogen-bond donors (Lipinski definition) is 1. The minimum Gasteiger partial charge on any atom is -0.482 e. The number of ether oxygens (including phenoxy) is 2. The molecule has 27 heavy (non-hydrogen) atoms. The molecule has 0 saturated carbocycles. The van der Waals surface area contributed by atoms with Crippen molar-refractivity contribution < 1.29 is 32.5 Å². The second-order valence-corrected chi connectivity index (χ2v) is 6.61. The molecule has 0 atom stereocenters. The van der Waals surface area contributed by atoms with Crippen molar-refractivity contribution in [3.63, 3.8) is 0 Å². The van der Waals surface area contributed by atoms with Crippen molar-refractivity contribution in [2.45, 2.75) is 18.0 Å². The van der Waals surface area contributed by atoms with Gasteiger partial charge < -0.3 is 14.6 Å². The summed E-state index contributed by atoms with van der Waals surface area (Å²) in [6, 6.07) is 9.70. The molecule has 0 amide bonds. The highest BCUT2D eigenvalue weighted by Gasteiger charge is 2.30.